The van der Waals surface area contributed by atoms with Crippen LogP contribution in [0.3, 0.4) is 0 Å². The van der Waals surface area contributed by atoms with Crippen LogP contribution in [0.2, 0.25) is 0 Å². The molecule has 1 aromatic carbocycles. The third kappa shape index (κ3) is 6.36. The Morgan fingerprint density at radius 1 is 1.24 bits per heavy atom. The minimum atomic E-state index is -0.285. The third-order valence-corrected chi connectivity index (χ3v) is 6.92. The number of ether oxygens (including phenoxy) is 2. The largest absolute Gasteiger partial charge is 0.490 e. The summed E-state index contributed by atoms with van der Waals surface area (Å²) in [5.41, 5.74) is 9.61. The normalized spacial score (nSPS) is 15.8. The number of nitrogens with zero attached hydrogens (tertiary/aromatic N) is 5. The Balaban J connectivity index is 1.15. The highest BCUT2D eigenvalue weighted by molar-refractivity contribution is 5.89. The predicted octanol–water partition coefficient (Wildman–Crippen LogP) is 2.74. The molecular formula is C27H35FN8O2. The maximum absolute atomic E-state index is 14.2. The number of benzene rings is 1. The lowest BCUT2D eigenvalue weighted by molar-refractivity contribution is 0.0912. The third-order valence-electron chi connectivity index (χ3n) is 6.92. The summed E-state index contributed by atoms with van der Waals surface area (Å²) >= 11 is 0. The van der Waals surface area contributed by atoms with E-state index in [4.69, 9.17) is 15.2 Å². The van der Waals surface area contributed by atoms with Gasteiger partial charge in [0, 0.05) is 75.8 Å². The molecule has 1 aliphatic heterocycles. The van der Waals surface area contributed by atoms with Crippen LogP contribution < -0.4 is 15.8 Å². The first kappa shape index (κ1) is 26.2. The molecule has 0 spiro atoms. The Kier molecular flexibility index (Phi) is 8.59. The van der Waals surface area contributed by atoms with Crippen molar-refractivity contribution in [3.05, 3.63) is 60.6 Å². The van der Waals surface area contributed by atoms with Gasteiger partial charge in [0.25, 0.3) is 0 Å². The van der Waals surface area contributed by atoms with Crippen LogP contribution in [0.15, 0.2) is 49.2 Å². The zero-order valence-corrected chi connectivity index (χ0v) is 21.6. The second kappa shape index (κ2) is 12.4. The van der Waals surface area contributed by atoms with E-state index >= 15 is 0 Å². The maximum Gasteiger partial charge on any atom is 0.141 e. The predicted molar refractivity (Wildman–Crippen MR) is 143 cm³/mol. The molecule has 38 heavy (non-hydrogen) atoms. The van der Waals surface area contributed by atoms with Gasteiger partial charge in [-0.05, 0) is 36.6 Å². The number of likely N-dealkylation sites (tertiary alicyclic amines) is 1. The van der Waals surface area contributed by atoms with Crippen molar-refractivity contribution in [1.82, 2.24) is 34.9 Å². The average Bonchev–Trinajstić information content (AvgIpc) is 3.61. The van der Waals surface area contributed by atoms with Crippen molar-refractivity contribution in [3.8, 4) is 17.0 Å². The molecule has 0 aliphatic carbocycles. The van der Waals surface area contributed by atoms with E-state index in [0.717, 1.165) is 60.3 Å². The number of H-pyrrole nitrogens is 1. The second-order valence-electron chi connectivity index (χ2n) is 9.64. The van der Waals surface area contributed by atoms with Gasteiger partial charge in [0.2, 0.25) is 0 Å². The van der Waals surface area contributed by atoms with Crippen LogP contribution in [0.1, 0.15) is 24.4 Å². The van der Waals surface area contributed by atoms with E-state index in [0.29, 0.717) is 32.0 Å². The van der Waals surface area contributed by atoms with Crippen LogP contribution in [-0.2, 0) is 11.3 Å². The lowest BCUT2D eigenvalue weighted by Crippen LogP contribution is -2.42. The number of halogens is 1. The van der Waals surface area contributed by atoms with E-state index < -0.39 is 0 Å². The molecule has 3 aromatic heterocycles. The van der Waals surface area contributed by atoms with Crippen LogP contribution in [0.25, 0.3) is 22.3 Å². The molecule has 1 aliphatic rings. The maximum atomic E-state index is 14.2. The summed E-state index contributed by atoms with van der Waals surface area (Å²) in [6, 6.07) is 6.92. The lowest BCUT2D eigenvalue weighted by atomic mass is 10.1. The molecule has 1 atom stereocenters. The minimum Gasteiger partial charge on any atom is -0.490 e. The number of fused-ring (bicyclic) bond motifs is 1. The summed E-state index contributed by atoms with van der Waals surface area (Å²) in [5.74, 6) is 0.296. The van der Waals surface area contributed by atoms with Crippen LogP contribution in [-0.4, -0.2) is 82.2 Å². The van der Waals surface area contributed by atoms with Crippen molar-refractivity contribution in [2.75, 3.05) is 46.4 Å². The van der Waals surface area contributed by atoms with Gasteiger partial charge >= 0.3 is 0 Å². The molecule has 0 bridgehead atoms. The van der Waals surface area contributed by atoms with Crippen molar-refractivity contribution < 1.29 is 13.9 Å². The first-order valence-electron chi connectivity index (χ1n) is 13.0. The van der Waals surface area contributed by atoms with E-state index in [9.17, 15) is 4.39 Å². The Bertz CT molecular complexity index is 1320. The fourth-order valence-electron chi connectivity index (χ4n) is 4.93. The van der Waals surface area contributed by atoms with Gasteiger partial charge in [0.05, 0.1) is 24.5 Å². The van der Waals surface area contributed by atoms with Gasteiger partial charge in [-0.25, -0.2) is 14.4 Å². The number of nitrogens with two attached hydrogens (primary N) is 1. The quantitative estimate of drug-likeness (QED) is 0.243. The molecular weight excluding hydrogens is 487 g/mol. The summed E-state index contributed by atoms with van der Waals surface area (Å²) in [6.45, 7) is 4.93. The highest BCUT2D eigenvalue weighted by Crippen LogP contribution is 2.26. The van der Waals surface area contributed by atoms with Crippen LogP contribution in [0, 0.1) is 5.82 Å². The van der Waals surface area contributed by atoms with Crippen molar-refractivity contribution in [2.45, 2.75) is 31.5 Å². The molecule has 1 saturated heterocycles. The van der Waals surface area contributed by atoms with E-state index in [-0.39, 0.29) is 18.0 Å². The van der Waals surface area contributed by atoms with Crippen LogP contribution >= 0.6 is 0 Å². The summed E-state index contributed by atoms with van der Waals surface area (Å²) < 4.78 is 27.3. The molecule has 202 valence electrons. The summed E-state index contributed by atoms with van der Waals surface area (Å²) in [6.07, 6.45) is 9.04. The number of hydrogen-bond acceptors (Lipinski definition) is 8. The Morgan fingerprint density at radius 2 is 2.11 bits per heavy atom. The van der Waals surface area contributed by atoms with Crippen molar-refractivity contribution >= 4 is 11.0 Å². The molecule has 0 amide bonds. The standard InChI is InChI=1S/C27H35FN8O2/c1-37-9-6-30-14-19-10-21(28)12-24(11-19)38-23-3-7-35(8-4-23)17-22(13-29)36-16-20(15-34-36)26-25-2-5-31-27(25)33-18-32-26/h2,5,10-12,15-16,18,22-23,30H,3-4,6-9,13-14,17,29H2,1H3,(H,31,32,33). The Hall–Kier alpha value is -3.38. The number of nitrogens with one attached hydrogen (secondary N) is 2. The highest BCUT2D eigenvalue weighted by Gasteiger charge is 2.24. The number of rotatable bonds is 12. The lowest BCUT2D eigenvalue weighted by Gasteiger charge is -2.34. The first-order chi connectivity index (χ1) is 18.6. The number of hydrogen-bond donors (Lipinski definition) is 3. The van der Waals surface area contributed by atoms with Gasteiger partial charge in [0.1, 0.15) is 29.6 Å². The van der Waals surface area contributed by atoms with Gasteiger partial charge in [-0.15, -0.1) is 0 Å². The van der Waals surface area contributed by atoms with E-state index in [1.807, 2.05) is 35.4 Å². The molecule has 4 N–H and O–H groups in total. The van der Waals surface area contributed by atoms with E-state index in [2.05, 4.69) is 30.3 Å². The molecule has 1 unspecified atom stereocenters. The molecule has 0 radical (unpaired) electrons. The van der Waals surface area contributed by atoms with Crippen molar-refractivity contribution in [2.24, 2.45) is 5.73 Å². The number of piperidine rings is 1. The molecule has 4 heterocycles. The van der Waals surface area contributed by atoms with Crippen LogP contribution in [0.5, 0.6) is 5.75 Å². The van der Waals surface area contributed by atoms with E-state index in [1.165, 1.54) is 12.1 Å². The zero-order valence-electron chi connectivity index (χ0n) is 21.6. The Labute approximate surface area is 221 Å². The molecule has 1 fully saturated rings. The monoisotopic (exact) mass is 522 g/mol. The fraction of sp³-hybridized carbons (Fsp3) is 0.444. The van der Waals surface area contributed by atoms with Gasteiger partial charge in [-0.1, -0.05) is 0 Å². The molecule has 11 heteroatoms. The number of aromatic amines is 1. The second-order valence-corrected chi connectivity index (χ2v) is 9.64. The highest BCUT2D eigenvalue weighted by atomic mass is 19.1. The fourth-order valence-corrected chi connectivity index (χ4v) is 4.93. The van der Waals surface area contributed by atoms with E-state index in [1.54, 1.807) is 13.4 Å². The summed E-state index contributed by atoms with van der Waals surface area (Å²) in [5, 5.41) is 8.81. The van der Waals surface area contributed by atoms with Gasteiger partial charge < -0.3 is 30.4 Å². The van der Waals surface area contributed by atoms with Gasteiger partial charge in [-0.2, -0.15) is 5.10 Å². The molecule has 4 aromatic rings. The molecule has 5 rings (SSSR count). The smallest absolute Gasteiger partial charge is 0.141 e. The topological polar surface area (TPSA) is 119 Å². The number of methoxy groups -OCH3 is 1. The van der Waals surface area contributed by atoms with Gasteiger partial charge in [-0.3, -0.25) is 4.68 Å². The Morgan fingerprint density at radius 3 is 2.92 bits per heavy atom. The summed E-state index contributed by atoms with van der Waals surface area (Å²) in [4.78, 5) is 14.2. The van der Waals surface area contributed by atoms with Crippen molar-refractivity contribution in [1.29, 1.82) is 0 Å². The molecule has 10 nitrogen and oxygen atoms in total. The minimum absolute atomic E-state index is 0.0427. The number of aromatic nitrogens is 5. The van der Waals surface area contributed by atoms with Crippen molar-refractivity contribution in [3.63, 3.8) is 0 Å². The SMILES string of the molecule is COCCNCc1cc(F)cc(OC2CCN(CC(CN)n3cc(-c4ncnc5[nH]ccc45)cn3)CC2)c1. The van der Waals surface area contributed by atoms with Gasteiger partial charge in [0.15, 0.2) is 0 Å². The molecule has 0 saturated carbocycles. The first-order valence-corrected chi connectivity index (χ1v) is 13.0. The van der Waals surface area contributed by atoms with Crippen LogP contribution in [0.4, 0.5) is 4.39 Å². The average molecular weight is 523 g/mol. The zero-order chi connectivity index (χ0) is 26.3. The summed E-state index contributed by atoms with van der Waals surface area (Å²) in [7, 11) is 1.66.